The van der Waals surface area contributed by atoms with Gasteiger partial charge in [-0.3, -0.25) is 9.78 Å². The zero-order valence-corrected chi connectivity index (χ0v) is 12.2. The van der Waals surface area contributed by atoms with Gasteiger partial charge in [-0.2, -0.15) is 0 Å². The Morgan fingerprint density at radius 3 is 3.05 bits per heavy atom. The number of anilines is 1. The number of carboxylic acid groups (broad SMARTS) is 1. The Morgan fingerprint density at radius 2 is 2.24 bits per heavy atom. The van der Waals surface area contributed by atoms with Crippen LogP contribution in [0.3, 0.4) is 0 Å². The Labute approximate surface area is 124 Å². The van der Waals surface area contributed by atoms with Gasteiger partial charge in [-0.25, -0.2) is 0 Å². The maximum absolute atomic E-state index is 10.9. The van der Waals surface area contributed by atoms with Gasteiger partial charge in [0.05, 0.1) is 5.52 Å². The van der Waals surface area contributed by atoms with Gasteiger partial charge in [0.2, 0.25) is 0 Å². The Morgan fingerprint density at radius 1 is 1.43 bits per heavy atom. The van der Waals surface area contributed by atoms with E-state index in [1.54, 1.807) is 0 Å². The highest BCUT2D eigenvalue weighted by molar-refractivity contribution is 5.92. The molecule has 1 aliphatic heterocycles. The largest absolute Gasteiger partial charge is 0.481 e. The van der Waals surface area contributed by atoms with Crippen molar-refractivity contribution in [2.45, 2.75) is 26.2 Å². The summed E-state index contributed by atoms with van der Waals surface area (Å²) in [5.41, 5.74) is 3.20. The lowest BCUT2D eigenvalue weighted by molar-refractivity contribution is -0.138. The Bertz CT molecular complexity index is 669. The molecule has 0 amide bonds. The maximum atomic E-state index is 10.9. The molecular weight excluding hydrogens is 264 g/mol. The third kappa shape index (κ3) is 2.99. The number of aromatic nitrogens is 1. The molecule has 4 nitrogen and oxygen atoms in total. The third-order valence-electron chi connectivity index (χ3n) is 4.15. The normalized spacial score (nSPS) is 18.9. The van der Waals surface area contributed by atoms with E-state index in [9.17, 15) is 4.79 Å². The summed E-state index contributed by atoms with van der Waals surface area (Å²) in [5.74, 6) is -0.457. The lowest BCUT2D eigenvalue weighted by Crippen LogP contribution is -2.36. The van der Waals surface area contributed by atoms with E-state index in [0.717, 1.165) is 42.5 Å². The molecule has 1 aromatic heterocycles. The van der Waals surface area contributed by atoms with Crippen LogP contribution in [0.25, 0.3) is 10.9 Å². The number of pyridine rings is 1. The van der Waals surface area contributed by atoms with Crippen LogP contribution in [0.2, 0.25) is 0 Å². The average molecular weight is 284 g/mol. The van der Waals surface area contributed by atoms with Gasteiger partial charge in [-0.05, 0) is 37.8 Å². The van der Waals surface area contributed by atoms with E-state index in [1.165, 1.54) is 5.69 Å². The molecule has 1 atom stereocenters. The number of rotatable bonds is 3. The fraction of sp³-hybridized carbons (Fsp3) is 0.412. The van der Waals surface area contributed by atoms with Crippen LogP contribution in [0, 0.1) is 12.8 Å². The number of carbonyl (C=O) groups is 1. The molecule has 1 aromatic carbocycles. The van der Waals surface area contributed by atoms with E-state index >= 15 is 0 Å². The number of carboxylic acids is 1. The van der Waals surface area contributed by atoms with Gasteiger partial charge in [0, 0.05) is 36.3 Å². The Balaban J connectivity index is 1.94. The Hall–Kier alpha value is -2.10. The second-order valence-electron chi connectivity index (χ2n) is 5.85. The molecule has 21 heavy (non-hydrogen) atoms. The molecule has 0 aliphatic carbocycles. The summed E-state index contributed by atoms with van der Waals surface area (Å²) in [6.45, 7) is 3.82. The van der Waals surface area contributed by atoms with E-state index in [1.807, 2.05) is 25.1 Å². The maximum Gasteiger partial charge on any atom is 0.303 e. The fourth-order valence-electron chi connectivity index (χ4n) is 3.24. The third-order valence-corrected chi connectivity index (χ3v) is 4.15. The number of aryl methyl sites for hydroxylation is 1. The van der Waals surface area contributed by atoms with Crippen LogP contribution >= 0.6 is 0 Å². The molecule has 4 heteroatoms. The van der Waals surface area contributed by atoms with E-state index in [-0.39, 0.29) is 12.3 Å². The van der Waals surface area contributed by atoms with Crippen LogP contribution in [0.5, 0.6) is 0 Å². The van der Waals surface area contributed by atoms with Crippen molar-refractivity contribution in [2.75, 3.05) is 18.0 Å². The van der Waals surface area contributed by atoms with E-state index in [0.29, 0.717) is 0 Å². The SMILES string of the molecule is Cc1cc(N2CCCC(CC(=O)O)C2)c2ccccc2n1. The van der Waals surface area contributed by atoms with Crippen LogP contribution in [0.15, 0.2) is 30.3 Å². The highest BCUT2D eigenvalue weighted by Crippen LogP contribution is 2.31. The van der Waals surface area contributed by atoms with Crippen LogP contribution in [0.4, 0.5) is 5.69 Å². The number of piperidine rings is 1. The van der Waals surface area contributed by atoms with Crippen molar-refractivity contribution in [2.24, 2.45) is 5.92 Å². The van der Waals surface area contributed by atoms with Crippen molar-refractivity contribution >= 4 is 22.6 Å². The molecule has 1 saturated heterocycles. The quantitative estimate of drug-likeness (QED) is 0.940. The van der Waals surface area contributed by atoms with E-state index < -0.39 is 5.97 Å². The van der Waals surface area contributed by atoms with Crippen molar-refractivity contribution in [3.63, 3.8) is 0 Å². The van der Waals surface area contributed by atoms with Crippen molar-refractivity contribution in [3.05, 3.63) is 36.0 Å². The number of para-hydroxylation sites is 1. The zero-order chi connectivity index (χ0) is 14.8. The first kappa shape index (κ1) is 13.9. The van der Waals surface area contributed by atoms with Gasteiger partial charge in [-0.1, -0.05) is 18.2 Å². The van der Waals surface area contributed by atoms with Crippen LogP contribution in [-0.2, 0) is 4.79 Å². The van der Waals surface area contributed by atoms with Crippen LogP contribution in [0.1, 0.15) is 25.0 Å². The first-order valence-electron chi connectivity index (χ1n) is 7.46. The lowest BCUT2D eigenvalue weighted by atomic mass is 9.94. The van der Waals surface area contributed by atoms with Gasteiger partial charge in [-0.15, -0.1) is 0 Å². The molecule has 1 aliphatic rings. The van der Waals surface area contributed by atoms with Crippen molar-refractivity contribution < 1.29 is 9.90 Å². The summed E-state index contributed by atoms with van der Waals surface area (Å²) in [5, 5.41) is 10.2. The zero-order valence-electron chi connectivity index (χ0n) is 12.2. The smallest absolute Gasteiger partial charge is 0.303 e. The van der Waals surface area contributed by atoms with Crippen molar-refractivity contribution in [1.29, 1.82) is 0 Å². The molecule has 0 radical (unpaired) electrons. The minimum atomic E-state index is -0.697. The summed E-state index contributed by atoms with van der Waals surface area (Å²) < 4.78 is 0. The van der Waals surface area contributed by atoms with Gasteiger partial charge in [0.1, 0.15) is 0 Å². The minimum Gasteiger partial charge on any atom is -0.481 e. The second kappa shape index (κ2) is 5.72. The van der Waals surface area contributed by atoms with Crippen LogP contribution in [-0.4, -0.2) is 29.1 Å². The number of benzene rings is 1. The number of aliphatic carboxylic acids is 1. The van der Waals surface area contributed by atoms with Gasteiger partial charge >= 0.3 is 5.97 Å². The molecule has 110 valence electrons. The first-order valence-corrected chi connectivity index (χ1v) is 7.46. The topological polar surface area (TPSA) is 53.4 Å². The lowest BCUT2D eigenvalue weighted by Gasteiger charge is -2.34. The summed E-state index contributed by atoms with van der Waals surface area (Å²) in [4.78, 5) is 17.9. The van der Waals surface area contributed by atoms with Gasteiger partial charge < -0.3 is 10.0 Å². The predicted molar refractivity (Wildman–Crippen MR) is 83.7 cm³/mol. The minimum absolute atomic E-state index is 0.239. The highest BCUT2D eigenvalue weighted by Gasteiger charge is 2.23. The average Bonchev–Trinajstić information content (AvgIpc) is 2.46. The summed E-state index contributed by atoms with van der Waals surface area (Å²) in [6, 6.07) is 10.3. The molecule has 0 saturated carbocycles. The number of nitrogens with zero attached hydrogens (tertiary/aromatic N) is 2. The monoisotopic (exact) mass is 284 g/mol. The summed E-state index contributed by atoms with van der Waals surface area (Å²) in [7, 11) is 0. The molecule has 0 bridgehead atoms. The van der Waals surface area contributed by atoms with Gasteiger partial charge in [0.15, 0.2) is 0 Å². The Kier molecular flexibility index (Phi) is 3.78. The number of hydrogen-bond donors (Lipinski definition) is 1. The van der Waals surface area contributed by atoms with Gasteiger partial charge in [0.25, 0.3) is 0 Å². The summed E-state index contributed by atoms with van der Waals surface area (Å²) in [6.07, 6.45) is 2.32. The molecular formula is C17H20N2O2. The molecule has 2 heterocycles. The highest BCUT2D eigenvalue weighted by atomic mass is 16.4. The van der Waals surface area contributed by atoms with E-state index in [4.69, 9.17) is 5.11 Å². The molecule has 2 aromatic rings. The van der Waals surface area contributed by atoms with Crippen molar-refractivity contribution in [1.82, 2.24) is 4.98 Å². The number of hydrogen-bond acceptors (Lipinski definition) is 3. The second-order valence-corrected chi connectivity index (χ2v) is 5.85. The van der Waals surface area contributed by atoms with Crippen molar-refractivity contribution in [3.8, 4) is 0 Å². The van der Waals surface area contributed by atoms with E-state index in [2.05, 4.69) is 22.0 Å². The standard InChI is InChI=1S/C17H20N2O2/c1-12-9-16(14-6-2-3-7-15(14)18-12)19-8-4-5-13(11-19)10-17(20)21/h2-3,6-7,9,13H,4-5,8,10-11H2,1H3,(H,20,21). The molecule has 1 N–H and O–H groups in total. The predicted octanol–water partition coefficient (Wildman–Crippen LogP) is 3.23. The summed E-state index contributed by atoms with van der Waals surface area (Å²) >= 11 is 0. The fourth-order valence-corrected chi connectivity index (χ4v) is 3.24. The van der Waals surface area contributed by atoms with Crippen LogP contribution < -0.4 is 4.90 Å². The number of fused-ring (bicyclic) bond motifs is 1. The molecule has 0 spiro atoms. The molecule has 1 unspecified atom stereocenters. The molecule has 1 fully saturated rings. The first-order chi connectivity index (χ1) is 10.1. The molecule has 3 rings (SSSR count).